The van der Waals surface area contributed by atoms with Gasteiger partial charge in [-0.1, -0.05) is 0 Å². The predicted octanol–water partition coefficient (Wildman–Crippen LogP) is -7.43. The molecule has 12 N–H and O–H groups in total. The summed E-state index contributed by atoms with van der Waals surface area (Å²) in [5.74, 6) is 0. The van der Waals surface area contributed by atoms with E-state index in [2.05, 4.69) is 0 Å². The number of aliphatic hydroxyl groups excluding tert-OH is 12. The highest BCUT2D eigenvalue weighted by atomic mass is 16.7. The van der Waals surface area contributed by atoms with Gasteiger partial charge in [0, 0.05) is 0 Å². The average molecular weight is 436 g/mol. The molecule has 0 spiro atoms. The Morgan fingerprint density at radius 3 is 1.59 bits per heavy atom. The van der Waals surface area contributed by atoms with E-state index in [1.165, 1.54) is 0 Å². The summed E-state index contributed by atoms with van der Waals surface area (Å²) in [6, 6.07) is 0. The lowest BCUT2D eigenvalue weighted by molar-refractivity contribution is -0.327. The zero-order valence-corrected chi connectivity index (χ0v) is 15.5. The first-order chi connectivity index (χ1) is 13.6. The molecule has 1 rings (SSSR count). The Bertz CT molecular complexity index is 408. The highest BCUT2D eigenvalue weighted by molar-refractivity contribution is 4.91. The van der Waals surface area contributed by atoms with Crippen molar-refractivity contribution in [2.45, 2.75) is 61.2 Å². The fourth-order valence-electron chi connectivity index (χ4n) is 2.22. The van der Waals surface area contributed by atoms with Crippen LogP contribution in [-0.4, -0.2) is 156 Å². The van der Waals surface area contributed by atoms with Crippen LogP contribution in [0.4, 0.5) is 0 Å². The molecule has 176 valence electrons. The SMILES string of the molecule is OCC(O)CO.OC[C@@H](O)[C@@H](O[C@@H]1O[C@H](CO)[C@H](O)[C@H](O)[C@H]1O)[C@H](O)[C@@H](O)CO. The van der Waals surface area contributed by atoms with Gasteiger partial charge < -0.3 is 70.8 Å². The molecule has 0 aliphatic carbocycles. The van der Waals surface area contributed by atoms with Crippen molar-refractivity contribution in [3.8, 4) is 0 Å². The third kappa shape index (κ3) is 8.60. The third-order valence-corrected chi connectivity index (χ3v) is 4.05. The van der Waals surface area contributed by atoms with Crippen LogP contribution in [0.3, 0.4) is 0 Å². The van der Waals surface area contributed by atoms with E-state index in [-0.39, 0.29) is 13.2 Å². The molecule has 0 aromatic carbocycles. The van der Waals surface area contributed by atoms with Gasteiger partial charge in [0.1, 0.15) is 54.9 Å². The summed E-state index contributed by atoms with van der Waals surface area (Å²) in [7, 11) is 0. The van der Waals surface area contributed by atoms with Crippen LogP contribution >= 0.6 is 0 Å². The average Bonchev–Trinajstić information content (AvgIpc) is 2.75. The van der Waals surface area contributed by atoms with E-state index in [9.17, 15) is 30.6 Å². The number of hydrogen-bond donors (Lipinski definition) is 12. The van der Waals surface area contributed by atoms with Crippen molar-refractivity contribution in [2.75, 3.05) is 33.0 Å². The third-order valence-electron chi connectivity index (χ3n) is 4.05. The highest BCUT2D eigenvalue weighted by Gasteiger charge is 2.46. The lowest BCUT2D eigenvalue weighted by Crippen LogP contribution is -2.61. The molecule has 0 aromatic rings. The van der Waals surface area contributed by atoms with Crippen LogP contribution in [0.2, 0.25) is 0 Å². The molecule has 1 aliphatic rings. The van der Waals surface area contributed by atoms with Gasteiger partial charge in [-0.25, -0.2) is 0 Å². The minimum absolute atomic E-state index is 0.365. The minimum Gasteiger partial charge on any atom is -0.394 e. The van der Waals surface area contributed by atoms with E-state index in [1.807, 2.05) is 0 Å². The maximum atomic E-state index is 9.83. The molecule has 29 heavy (non-hydrogen) atoms. The lowest BCUT2D eigenvalue weighted by atomic mass is 9.98. The normalized spacial score (nSPS) is 31.6. The summed E-state index contributed by atoms with van der Waals surface area (Å²) in [6.45, 7) is -3.18. The first-order valence-corrected chi connectivity index (χ1v) is 8.71. The van der Waals surface area contributed by atoms with Crippen LogP contribution in [0, 0.1) is 0 Å². The van der Waals surface area contributed by atoms with Crippen molar-refractivity contribution >= 4 is 0 Å². The molecule has 14 heteroatoms. The molecule has 0 aromatic heterocycles. The molecule has 0 saturated carbocycles. The van der Waals surface area contributed by atoms with Crippen molar-refractivity contribution in [2.24, 2.45) is 0 Å². The molecule has 9 atom stereocenters. The van der Waals surface area contributed by atoms with Crippen LogP contribution in [0.15, 0.2) is 0 Å². The molecule has 0 radical (unpaired) electrons. The minimum atomic E-state index is -1.85. The summed E-state index contributed by atoms with van der Waals surface area (Å²) >= 11 is 0. The van der Waals surface area contributed by atoms with Crippen LogP contribution in [-0.2, 0) is 9.47 Å². The first kappa shape index (κ1) is 28.4. The fraction of sp³-hybridized carbons (Fsp3) is 1.00. The molecule has 1 saturated heterocycles. The molecular formula is C15H32O14. The smallest absolute Gasteiger partial charge is 0.187 e. The summed E-state index contributed by atoms with van der Waals surface area (Å²) in [5.41, 5.74) is 0. The van der Waals surface area contributed by atoms with E-state index in [0.717, 1.165) is 0 Å². The molecule has 14 nitrogen and oxygen atoms in total. The Labute approximate surface area is 166 Å². The quantitative estimate of drug-likeness (QED) is 0.152. The summed E-state index contributed by atoms with van der Waals surface area (Å²) < 4.78 is 10.1. The van der Waals surface area contributed by atoms with Crippen LogP contribution in [0.25, 0.3) is 0 Å². The standard InChI is InChI=1S/C12H24O11.C3H8O3/c13-1-4(16)7(18)11(5(17)2-14)23-12-10(21)9(20)8(19)6(3-15)22-12;4-1-3(6)2-5/h4-21H,1-3H2;3-6H,1-2H2/t4-,5+,6+,7+,8-,9-,10+,11+,12-;/m0./s1. The van der Waals surface area contributed by atoms with Crippen molar-refractivity contribution in [1.82, 2.24) is 0 Å². The zero-order valence-electron chi connectivity index (χ0n) is 15.5. The zero-order chi connectivity index (χ0) is 22.7. The lowest BCUT2D eigenvalue weighted by Gasteiger charge is -2.42. The Kier molecular flexibility index (Phi) is 14.2. The number of rotatable bonds is 10. The Morgan fingerprint density at radius 1 is 0.690 bits per heavy atom. The molecule has 1 fully saturated rings. The monoisotopic (exact) mass is 436 g/mol. The van der Waals surface area contributed by atoms with Crippen molar-refractivity contribution < 1.29 is 70.8 Å². The Morgan fingerprint density at radius 2 is 1.21 bits per heavy atom. The van der Waals surface area contributed by atoms with Crippen LogP contribution in [0.1, 0.15) is 0 Å². The highest BCUT2D eigenvalue weighted by Crippen LogP contribution is 2.24. The topological polar surface area (TPSA) is 261 Å². The van der Waals surface area contributed by atoms with E-state index in [0.29, 0.717) is 0 Å². The second kappa shape index (κ2) is 14.4. The van der Waals surface area contributed by atoms with Gasteiger partial charge in [0.25, 0.3) is 0 Å². The summed E-state index contributed by atoms with van der Waals surface area (Å²) in [4.78, 5) is 0. The second-order valence-corrected chi connectivity index (χ2v) is 6.31. The van der Waals surface area contributed by atoms with E-state index < -0.39 is 81.0 Å². The summed E-state index contributed by atoms with van der Waals surface area (Å²) in [6.07, 6.45) is -16.0. The second-order valence-electron chi connectivity index (χ2n) is 6.31. The van der Waals surface area contributed by atoms with Gasteiger partial charge >= 0.3 is 0 Å². The Hall–Kier alpha value is -0.560. The largest absolute Gasteiger partial charge is 0.394 e. The van der Waals surface area contributed by atoms with Crippen molar-refractivity contribution in [3.05, 3.63) is 0 Å². The van der Waals surface area contributed by atoms with Gasteiger partial charge in [0.2, 0.25) is 0 Å². The molecular weight excluding hydrogens is 404 g/mol. The maximum Gasteiger partial charge on any atom is 0.187 e. The van der Waals surface area contributed by atoms with Gasteiger partial charge in [0.15, 0.2) is 6.29 Å². The van der Waals surface area contributed by atoms with Crippen molar-refractivity contribution in [3.63, 3.8) is 0 Å². The van der Waals surface area contributed by atoms with E-state index >= 15 is 0 Å². The predicted molar refractivity (Wildman–Crippen MR) is 91.0 cm³/mol. The molecule has 0 unspecified atom stereocenters. The Balaban J connectivity index is 0.00000113. The fourth-order valence-corrected chi connectivity index (χ4v) is 2.22. The van der Waals surface area contributed by atoms with Gasteiger partial charge in [-0.2, -0.15) is 0 Å². The molecule has 0 amide bonds. The van der Waals surface area contributed by atoms with E-state index in [1.54, 1.807) is 0 Å². The van der Waals surface area contributed by atoms with E-state index in [4.69, 9.17) is 40.1 Å². The molecule has 0 bridgehead atoms. The van der Waals surface area contributed by atoms with Gasteiger partial charge in [0.05, 0.1) is 33.0 Å². The van der Waals surface area contributed by atoms with Crippen molar-refractivity contribution in [1.29, 1.82) is 0 Å². The van der Waals surface area contributed by atoms with Gasteiger partial charge in [-0.3, -0.25) is 0 Å². The van der Waals surface area contributed by atoms with Gasteiger partial charge in [-0.05, 0) is 0 Å². The summed E-state index contributed by atoms with van der Waals surface area (Å²) in [5, 5.41) is 109. The number of ether oxygens (including phenoxy) is 2. The maximum absolute atomic E-state index is 9.83. The van der Waals surface area contributed by atoms with Crippen LogP contribution < -0.4 is 0 Å². The number of aliphatic hydroxyl groups is 12. The molecule has 1 heterocycles. The molecule has 1 aliphatic heterocycles. The van der Waals surface area contributed by atoms with Crippen LogP contribution in [0.5, 0.6) is 0 Å². The van der Waals surface area contributed by atoms with Gasteiger partial charge in [-0.15, -0.1) is 0 Å². The first-order valence-electron chi connectivity index (χ1n) is 8.71. The number of hydrogen-bond acceptors (Lipinski definition) is 14.